The molecule has 0 radical (unpaired) electrons. The Bertz CT molecular complexity index is 198. The van der Waals surface area contributed by atoms with E-state index in [2.05, 4.69) is 6.58 Å². The van der Waals surface area contributed by atoms with Crippen molar-refractivity contribution in [2.45, 2.75) is 12.8 Å². The summed E-state index contributed by atoms with van der Waals surface area (Å²) in [5.74, 6) is 0.205. The Morgan fingerprint density at radius 2 is 2.18 bits per heavy atom. The number of hydrogen-bond donors (Lipinski definition) is 0. The first kappa shape index (κ1) is 7.98. The Morgan fingerprint density at radius 3 is 2.82 bits per heavy atom. The van der Waals surface area contributed by atoms with Crippen LogP contribution in [0.1, 0.15) is 12.8 Å². The molecule has 1 heterocycles. The molecular formula is C8H11NO2. The number of hydrogen-bond acceptors (Lipinski definition) is 2. The second-order valence-corrected chi connectivity index (χ2v) is 2.60. The van der Waals surface area contributed by atoms with Crippen molar-refractivity contribution in [3.63, 3.8) is 0 Å². The molecule has 0 atom stereocenters. The summed E-state index contributed by atoms with van der Waals surface area (Å²) in [6, 6.07) is 0. The van der Waals surface area contributed by atoms with Gasteiger partial charge in [-0.2, -0.15) is 0 Å². The van der Waals surface area contributed by atoms with Gasteiger partial charge in [0.05, 0.1) is 6.54 Å². The van der Waals surface area contributed by atoms with Crippen molar-refractivity contribution < 1.29 is 9.59 Å². The summed E-state index contributed by atoms with van der Waals surface area (Å²) in [4.78, 5) is 23.4. The van der Waals surface area contributed by atoms with Gasteiger partial charge in [-0.1, -0.05) is 6.08 Å². The van der Waals surface area contributed by atoms with Crippen molar-refractivity contribution in [3.05, 3.63) is 12.7 Å². The van der Waals surface area contributed by atoms with Gasteiger partial charge in [0.1, 0.15) is 0 Å². The molecule has 0 N–H and O–H groups in total. The minimum atomic E-state index is 0.0597. The minimum Gasteiger partial charge on any atom is -0.332 e. The normalized spacial score (nSPS) is 18.7. The average molecular weight is 153 g/mol. The molecule has 1 saturated heterocycles. The maximum Gasteiger partial charge on any atom is 0.223 e. The van der Waals surface area contributed by atoms with Crippen LogP contribution in [0.15, 0.2) is 12.7 Å². The van der Waals surface area contributed by atoms with E-state index in [-0.39, 0.29) is 18.2 Å². The predicted molar refractivity (Wildman–Crippen MR) is 41.0 cm³/mol. The quantitative estimate of drug-likeness (QED) is 0.537. The summed E-state index contributed by atoms with van der Waals surface area (Å²) in [6.45, 7) is 4.27. The summed E-state index contributed by atoms with van der Waals surface area (Å²) < 4.78 is 0. The fourth-order valence-corrected chi connectivity index (χ4v) is 1.11. The molecule has 0 spiro atoms. The number of carbonyl (C=O) groups is 2. The van der Waals surface area contributed by atoms with E-state index >= 15 is 0 Å². The van der Waals surface area contributed by atoms with Crippen molar-refractivity contribution in [2.75, 3.05) is 13.1 Å². The molecule has 0 aromatic rings. The van der Waals surface area contributed by atoms with Gasteiger partial charge in [-0.15, -0.1) is 6.58 Å². The summed E-state index contributed by atoms with van der Waals surface area (Å²) in [6.07, 6.45) is 2.41. The van der Waals surface area contributed by atoms with Gasteiger partial charge in [-0.25, -0.2) is 0 Å². The smallest absolute Gasteiger partial charge is 0.223 e. The van der Waals surface area contributed by atoms with Crippen LogP contribution in [0.3, 0.4) is 0 Å². The van der Waals surface area contributed by atoms with Gasteiger partial charge in [-0.05, 0) is 0 Å². The molecule has 0 saturated carbocycles. The van der Waals surface area contributed by atoms with E-state index in [4.69, 9.17) is 0 Å². The van der Waals surface area contributed by atoms with Crippen LogP contribution in [-0.4, -0.2) is 29.7 Å². The molecule has 0 aliphatic carbocycles. The standard InChI is InChI=1S/C8H11NO2/c1-2-5-9-6-7(10)3-4-8(9)11/h2H,1,3-6H2. The molecule has 3 heteroatoms. The molecule has 1 aliphatic rings. The molecule has 0 bridgehead atoms. The lowest BCUT2D eigenvalue weighted by atomic mass is 10.1. The topological polar surface area (TPSA) is 37.4 Å². The molecule has 11 heavy (non-hydrogen) atoms. The molecular weight excluding hydrogens is 142 g/mol. The summed E-state index contributed by atoms with van der Waals surface area (Å²) >= 11 is 0. The van der Waals surface area contributed by atoms with Gasteiger partial charge in [0.2, 0.25) is 5.91 Å². The molecule has 0 aromatic carbocycles. The Kier molecular flexibility index (Phi) is 2.41. The van der Waals surface area contributed by atoms with Gasteiger partial charge in [0, 0.05) is 19.4 Å². The first-order valence-electron chi connectivity index (χ1n) is 3.64. The fourth-order valence-electron chi connectivity index (χ4n) is 1.11. The molecule has 60 valence electrons. The van der Waals surface area contributed by atoms with Crippen molar-refractivity contribution >= 4 is 11.7 Å². The molecule has 1 rings (SSSR count). The third-order valence-corrected chi connectivity index (χ3v) is 1.69. The van der Waals surface area contributed by atoms with E-state index in [1.54, 1.807) is 6.08 Å². The Labute approximate surface area is 65.7 Å². The first-order valence-corrected chi connectivity index (χ1v) is 3.64. The maximum atomic E-state index is 11.1. The number of ketones is 1. The zero-order chi connectivity index (χ0) is 8.27. The van der Waals surface area contributed by atoms with E-state index in [0.29, 0.717) is 19.4 Å². The monoisotopic (exact) mass is 153 g/mol. The highest BCUT2D eigenvalue weighted by Gasteiger charge is 2.21. The second kappa shape index (κ2) is 3.32. The Hall–Kier alpha value is -1.12. The molecule has 1 fully saturated rings. The number of carbonyl (C=O) groups excluding carboxylic acids is 2. The highest BCUT2D eigenvalue weighted by molar-refractivity contribution is 5.92. The van der Waals surface area contributed by atoms with Gasteiger partial charge in [0.15, 0.2) is 5.78 Å². The van der Waals surface area contributed by atoms with Crippen molar-refractivity contribution in [1.29, 1.82) is 0 Å². The number of likely N-dealkylation sites (tertiary alicyclic amines) is 1. The number of piperidine rings is 1. The zero-order valence-electron chi connectivity index (χ0n) is 6.38. The van der Waals surface area contributed by atoms with Crippen molar-refractivity contribution in [3.8, 4) is 0 Å². The van der Waals surface area contributed by atoms with Gasteiger partial charge >= 0.3 is 0 Å². The molecule has 0 aromatic heterocycles. The van der Waals surface area contributed by atoms with E-state index in [1.165, 1.54) is 4.90 Å². The van der Waals surface area contributed by atoms with Crippen LogP contribution in [0.4, 0.5) is 0 Å². The van der Waals surface area contributed by atoms with Gasteiger partial charge < -0.3 is 4.90 Å². The van der Waals surface area contributed by atoms with E-state index in [9.17, 15) is 9.59 Å². The molecule has 1 aliphatic heterocycles. The van der Waals surface area contributed by atoms with Gasteiger partial charge in [0.25, 0.3) is 0 Å². The largest absolute Gasteiger partial charge is 0.332 e. The van der Waals surface area contributed by atoms with Crippen LogP contribution in [0.25, 0.3) is 0 Å². The zero-order valence-corrected chi connectivity index (χ0v) is 6.38. The Morgan fingerprint density at radius 1 is 1.45 bits per heavy atom. The number of Topliss-reactive ketones (excluding diaryl/α,β-unsaturated/α-hetero) is 1. The SMILES string of the molecule is C=CCN1CC(=O)CCC1=O. The third kappa shape index (κ3) is 1.90. The highest BCUT2D eigenvalue weighted by Crippen LogP contribution is 2.06. The van der Waals surface area contributed by atoms with Crippen LogP contribution >= 0.6 is 0 Å². The lowest BCUT2D eigenvalue weighted by Crippen LogP contribution is -2.40. The van der Waals surface area contributed by atoms with Crippen LogP contribution in [0.5, 0.6) is 0 Å². The molecule has 3 nitrogen and oxygen atoms in total. The minimum absolute atomic E-state index is 0.0597. The first-order chi connectivity index (χ1) is 5.24. The number of rotatable bonds is 2. The number of amides is 1. The van der Waals surface area contributed by atoms with Crippen LogP contribution in [-0.2, 0) is 9.59 Å². The summed E-state index contributed by atoms with van der Waals surface area (Å²) in [7, 11) is 0. The van der Waals surface area contributed by atoms with E-state index < -0.39 is 0 Å². The predicted octanol–water partition coefficient (Wildman–Crippen LogP) is 0.364. The van der Waals surface area contributed by atoms with Crippen molar-refractivity contribution in [1.82, 2.24) is 4.90 Å². The van der Waals surface area contributed by atoms with Gasteiger partial charge in [-0.3, -0.25) is 9.59 Å². The van der Waals surface area contributed by atoms with Crippen LogP contribution in [0, 0.1) is 0 Å². The molecule has 1 amide bonds. The number of nitrogens with zero attached hydrogens (tertiary/aromatic N) is 1. The average Bonchev–Trinajstić information content (AvgIpc) is 1.98. The lowest BCUT2D eigenvalue weighted by Gasteiger charge is -2.24. The summed E-state index contributed by atoms with van der Waals surface area (Å²) in [5.41, 5.74) is 0. The Balaban J connectivity index is 2.53. The van der Waals surface area contributed by atoms with E-state index in [0.717, 1.165) is 0 Å². The molecule has 0 unspecified atom stereocenters. The fraction of sp³-hybridized carbons (Fsp3) is 0.500. The lowest BCUT2D eigenvalue weighted by molar-refractivity contribution is -0.139. The third-order valence-electron chi connectivity index (χ3n) is 1.69. The summed E-state index contributed by atoms with van der Waals surface area (Å²) in [5, 5.41) is 0. The highest BCUT2D eigenvalue weighted by atomic mass is 16.2. The second-order valence-electron chi connectivity index (χ2n) is 2.60. The maximum absolute atomic E-state index is 11.1. The van der Waals surface area contributed by atoms with Crippen molar-refractivity contribution in [2.24, 2.45) is 0 Å². The van der Waals surface area contributed by atoms with Crippen LogP contribution < -0.4 is 0 Å². The van der Waals surface area contributed by atoms with Crippen LogP contribution in [0.2, 0.25) is 0 Å². The van der Waals surface area contributed by atoms with E-state index in [1.807, 2.05) is 0 Å².